The van der Waals surface area contributed by atoms with Crippen LogP contribution in [0.3, 0.4) is 0 Å². The molecule has 106 valence electrons. The number of rotatable bonds is 4. The fraction of sp³-hybridized carbons (Fsp3) is 0.176. The molecule has 1 amide bonds. The molecule has 21 heavy (non-hydrogen) atoms. The second-order valence-electron chi connectivity index (χ2n) is 4.80. The van der Waals surface area contributed by atoms with E-state index in [4.69, 9.17) is 0 Å². The molecule has 4 heteroatoms. The lowest BCUT2D eigenvalue weighted by molar-refractivity contribution is -0.124. The van der Waals surface area contributed by atoms with Crippen LogP contribution in [0.25, 0.3) is 0 Å². The number of hydrogen-bond acceptors (Lipinski definition) is 3. The number of hydrogen-bond donors (Lipinski definition) is 0. The quantitative estimate of drug-likeness (QED) is 0.865. The normalized spacial score (nSPS) is 16.7. The number of aliphatic imine (C=N–C) groups is 1. The van der Waals surface area contributed by atoms with E-state index < -0.39 is 0 Å². The highest BCUT2D eigenvalue weighted by atomic mass is 32.2. The summed E-state index contributed by atoms with van der Waals surface area (Å²) in [7, 11) is 0. The molecule has 0 saturated carbocycles. The van der Waals surface area contributed by atoms with E-state index in [2.05, 4.69) is 17.1 Å². The van der Waals surface area contributed by atoms with Crippen LogP contribution in [0, 0.1) is 0 Å². The third-order valence-electron chi connectivity index (χ3n) is 3.30. The summed E-state index contributed by atoms with van der Waals surface area (Å²) in [6.45, 7) is 0.682. The second kappa shape index (κ2) is 6.59. The van der Waals surface area contributed by atoms with Gasteiger partial charge >= 0.3 is 0 Å². The Bertz CT molecular complexity index is 640. The Hall–Kier alpha value is -2.07. The molecule has 1 saturated heterocycles. The lowest BCUT2D eigenvalue weighted by atomic mass is 10.1. The Labute approximate surface area is 128 Å². The summed E-state index contributed by atoms with van der Waals surface area (Å²) >= 11 is 1.51. The molecular weight excluding hydrogens is 280 g/mol. The van der Waals surface area contributed by atoms with Gasteiger partial charge in [0.2, 0.25) is 5.91 Å². The third-order valence-corrected chi connectivity index (χ3v) is 4.27. The van der Waals surface area contributed by atoms with Crippen LogP contribution in [-0.4, -0.2) is 28.3 Å². The first-order valence-electron chi connectivity index (χ1n) is 6.94. The Kier molecular flexibility index (Phi) is 4.36. The summed E-state index contributed by atoms with van der Waals surface area (Å²) < 4.78 is 0. The second-order valence-corrected chi connectivity index (χ2v) is 5.74. The van der Waals surface area contributed by atoms with E-state index in [1.54, 1.807) is 4.90 Å². The number of carbonyl (C=O) groups is 1. The fourth-order valence-corrected chi connectivity index (χ4v) is 3.13. The third kappa shape index (κ3) is 3.52. The number of amidine groups is 1. The molecule has 0 atom stereocenters. The van der Waals surface area contributed by atoms with Gasteiger partial charge in [-0.2, -0.15) is 0 Å². The molecule has 0 bridgehead atoms. The zero-order chi connectivity index (χ0) is 14.5. The maximum absolute atomic E-state index is 12.0. The largest absolute Gasteiger partial charge is 0.290 e. The Morgan fingerprint density at radius 2 is 1.67 bits per heavy atom. The van der Waals surface area contributed by atoms with Crippen molar-refractivity contribution < 1.29 is 4.79 Å². The van der Waals surface area contributed by atoms with E-state index in [1.807, 2.05) is 48.5 Å². The average Bonchev–Trinajstić information content (AvgIpc) is 2.87. The molecular formula is C17H16N2OS. The number of benzene rings is 2. The molecule has 0 unspecified atom stereocenters. The number of nitrogens with zero attached hydrogens (tertiary/aromatic N) is 2. The van der Waals surface area contributed by atoms with Gasteiger partial charge in [-0.15, -0.1) is 0 Å². The van der Waals surface area contributed by atoms with Crippen LogP contribution >= 0.6 is 11.8 Å². The SMILES string of the molecule is O=C1CSC(=Nc2ccccc2)N1CCc1ccccc1. The number of amides is 1. The fourth-order valence-electron chi connectivity index (χ4n) is 2.20. The lowest BCUT2D eigenvalue weighted by Gasteiger charge is -2.15. The van der Waals surface area contributed by atoms with Crippen LogP contribution < -0.4 is 0 Å². The summed E-state index contributed by atoms with van der Waals surface area (Å²) in [4.78, 5) is 18.4. The predicted molar refractivity (Wildman–Crippen MR) is 87.9 cm³/mol. The summed E-state index contributed by atoms with van der Waals surface area (Å²) in [5, 5.41) is 0.808. The molecule has 0 radical (unpaired) electrons. The average molecular weight is 296 g/mol. The molecule has 3 nitrogen and oxygen atoms in total. The summed E-state index contributed by atoms with van der Waals surface area (Å²) in [5.41, 5.74) is 2.13. The van der Waals surface area contributed by atoms with E-state index >= 15 is 0 Å². The maximum Gasteiger partial charge on any atom is 0.239 e. The van der Waals surface area contributed by atoms with E-state index in [0.29, 0.717) is 12.3 Å². The molecule has 2 aromatic carbocycles. The minimum absolute atomic E-state index is 0.144. The zero-order valence-electron chi connectivity index (χ0n) is 11.6. The van der Waals surface area contributed by atoms with E-state index in [-0.39, 0.29) is 5.91 Å². The molecule has 0 aromatic heterocycles. The van der Waals surface area contributed by atoms with Gasteiger partial charge in [0.1, 0.15) is 0 Å². The van der Waals surface area contributed by atoms with E-state index in [9.17, 15) is 4.79 Å². The van der Waals surface area contributed by atoms with Crippen molar-refractivity contribution in [1.82, 2.24) is 4.90 Å². The first-order valence-corrected chi connectivity index (χ1v) is 7.92. The lowest BCUT2D eigenvalue weighted by Crippen LogP contribution is -2.31. The maximum atomic E-state index is 12.0. The van der Waals surface area contributed by atoms with Crippen LogP contribution in [-0.2, 0) is 11.2 Å². The zero-order valence-corrected chi connectivity index (χ0v) is 12.4. The van der Waals surface area contributed by atoms with Crippen LogP contribution in [0.2, 0.25) is 0 Å². The van der Waals surface area contributed by atoms with Crippen LogP contribution in [0.4, 0.5) is 5.69 Å². The van der Waals surface area contributed by atoms with Crippen molar-refractivity contribution in [2.45, 2.75) is 6.42 Å². The molecule has 1 aliphatic rings. The molecule has 2 aromatic rings. The topological polar surface area (TPSA) is 32.7 Å². The number of thioether (sulfide) groups is 1. The highest BCUT2D eigenvalue weighted by Gasteiger charge is 2.27. The molecule has 1 fully saturated rings. The standard InChI is InChI=1S/C17H16N2OS/c20-16-13-21-17(18-15-9-5-2-6-10-15)19(16)12-11-14-7-3-1-4-8-14/h1-10H,11-13H2. The first-order chi connectivity index (χ1) is 10.3. The summed E-state index contributed by atoms with van der Waals surface area (Å²) in [5.74, 6) is 0.631. The minimum atomic E-state index is 0.144. The molecule has 0 aliphatic carbocycles. The highest BCUT2D eigenvalue weighted by Crippen LogP contribution is 2.23. The van der Waals surface area contributed by atoms with Crippen LogP contribution in [0.5, 0.6) is 0 Å². The monoisotopic (exact) mass is 296 g/mol. The van der Waals surface area contributed by atoms with Crippen LogP contribution in [0.15, 0.2) is 65.7 Å². The summed E-state index contributed by atoms with van der Waals surface area (Å²) in [6, 6.07) is 20.0. The van der Waals surface area contributed by atoms with Gasteiger partial charge in [0.05, 0.1) is 11.4 Å². The van der Waals surface area contributed by atoms with Crippen molar-refractivity contribution in [3.8, 4) is 0 Å². The van der Waals surface area contributed by atoms with Crippen molar-refractivity contribution in [1.29, 1.82) is 0 Å². The van der Waals surface area contributed by atoms with Gasteiger partial charge in [-0.1, -0.05) is 60.3 Å². The molecule has 0 N–H and O–H groups in total. The number of carbonyl (C=O) groups excluding carboxylic acids is 1. The van der Waals surface area contributed by atoms with Gasteiger partial charge in [-0.25, -0.2) is 4.99 Å². The van der Waals surface area contributed by atoms with E-state index in [0.717, 1.165) is 17.3 Å². The smallest absolute Gasteiger partial charge is 0.239 e. The molecule has 3 rings (SSSR count). The van der Waals surface area contributed by atoms with Gasteiger partial charge in [0.15, 0.2) is 5.17 Å². The Balaban J connectivity index is 1.72. The Morgan fingerprint density at radius 1 is 1.00 bits per heavy atom. The molecule has 1 heterocycles. The molecule has 1 aliphatic heterocycles. The minimum Gasteiger partial charge on any atom is -0.290 e. The number of para-hydroxylation sites is 1. The van der Waals surface area contributed by atoms with Gasteiger partial charge in [0, 0.05) is 6.54 Å². The van der Waals surface area contributed by atoms with Crippen molar-refractivity contribution >= 4 is 28.5 Å². The van der Waals surface area contributed by atoms with Gasteiger partial charge in [-0.05, 0) is 24.1 Å². The van der Waals surface area contributed by atoms with Gasteiger partial charge in [0.25, 0.3) is 0 Å². The predicted octanol–water partition coefficient (Wildman–Crippen LogP) is 3.49. The van der Waals surface area contributed by atoms with Crippen molar-refractivity contribution in [3.05, 3.63) is 66.2 Å². The van der Waals surface area contributed by atoms with Crippen molar-refractivity contribution in [2.75, 3.05) is 12.3 Å². The highest BCUT2D eigenvalue weighted by molar-refractivity contribution is 8.15. The Morgan fingerprint density at radius 3 is 2.38 bits per heavy atom. The summed E-state index contributed by atoms with van der Waals surface area (Å²) in [6.07, 6.45) is 0.848. The van der Waals surface area contributed by atoms with Gasteiger partial charge < -0.3 is 0 Å². The molecule has 0 spiro atoms. The van der Waals surface area contributed by atoms with Crippen molar-refractivity contribution in [2.24, 2.45) is 4.99 Å². The first kappa shape index (κ1) is 13.9. The van der Waals surface area contributed by atoms with Gasteiger partial charge in [-0.3, -0.25) is 9.69 Å². The van der Waals surface area contributed by atoms with Crippen molar-refractivity contribution in [3.63, 3.8) is 0 Å². The van der Waals surface area contributed by atoms with E-state index in [1.165, 1.54) is 17.3 Å². The van der Waals surface area contributed by atoms with Crippen LogP contribution in [0.1, 0.15) is 5.56 Å².